The predicted octanol–water partition coefficient (Wildman–Crippen LogP) is 2.44. The van der Waals surface area contributed by atoms with Crippen LogP contribution in [0.2, 0.25) is 0 Å². The minimum absolute atomic E-state index is 0.254. The van der Waals surface area contributed by atoms with Gasteiger partial charge >= 0.3 is 5.97 Å². The highest BCUT2D eigenvalue weighted by atomic mass is 32.2. The molecule has 1 aromatic rings. The maximum absolute atomic E-state index is 11.3. The van der Waals surface area contributed by atoms with Gasteiger partial charge in [0.15, 0.2) is 0 Å². The van der Waals surface area contributed by atoms with E-state index in [9.17, 15) is 4.79 Å². The molecule has 0 saturated heterocycles. The van der Waals surface area contributed by atoms with Crippen molar-refractivity contribution in [3.63, 3.8) is 0 Å². The second kappa shape index (κ2) is 7.35. The number of nitrogens with two attached hydrogens (primary N) is 1. The van der Waals surface area contributed by atoms with Crippen LogP contribution < -0.4 is 5.73 Å². The first kappa shape index (κ1) is 14.1. The van der Waals surface area contributed by atoms with Crippen LogP contribution in [0.15, 0.2) is 24.3 Å². The molecule has 0 aliphatic heterocycles. The van der Waals surface area contributed by atoms with Crippen molar-refractivity contribution in [3.8, 4) is 0 Å². The zero-order valence-electron chi connectivity index (χ0n) is 10.3. The van der Waals surface area contributed by atoms with Crippen LogP contribution in [0.25, 0.3) is 0 Å². The van der Waals surface area contributed by atoms with Crippen molar-refractivity contribution in [1.82, 2.24) is 0 Å². The van der Waals surface area contributed by atoms with Gasteiger partial charge in [0.05, 0.1) is 12.7 Å². The third-order valence-electron chi connectivity index (χ3n) is 2.47. The van der Waals surface area contributed by atoms with Gasteiger partial charge in [-0.2, -0.15) is 11.8 Å². The molecule has 2 N–H and O–H groups in total. The number of rotatable bonds is 6. The minimum Gasteiger partial charge on any atom is -0.465 e. The van der Waals surface area contributed by atoms with Crippen LogP contribution in [-0.2, 0) is 10.5 Å². The molecule has 3 nitrogen and oxygen atoms in total. The standard InChI is InChI=1S/C13H19NO2S/c1-3-12(14)9-17-8-10-5-4-6-11(7-10)13(15)16-2/h4-7,12H,3,8-9,14H2,1-2H3. The number of methoxy groups -OCH3 is 1. The number of hydrogen-bond acceptors (Lipinski definition) is 4. The molecule has 0 spiro atoms. The Labute approximate surface area is 107 Å². The summed E-state index contributed by atoms with van der Waals surface area (Å²) in [5.74, 6) is 1.53. The van der Waals surface area contributed by atoms with E-state index in [1.807, 2.05) is 18.2 Å². The van der Waals surface area contributed by atoms with E-state index >= 15 is 0 Å². The predicted molar refractivity (Wildman–Crippen MR) is 72.2 cm³/mol. The number of carbonyl (C=O) groups excluding carboxylic acids is 1. The third kappa shape index (κ3) is 4.79. The lowest BCUT2D eigenvalue weighted by Gasteiger charge is -2.08. The van der Waals surface area contributed by atoms with Crippen molar-refractivity contribution in [1.29, 1.82) is 0 Å². The minimum atomic E-state index is -0.290. The molecule has 94 valence electrons. The normalized spacial score (nSPS) is 12.2. The Morgan fingerprint density at radius 3 is 2.94 bits per heavy atom. The van der Waals surface area contributed by atoms with Crippen LogP contribution >= 0.6 is 11.8 Å². The molecule has 1 atom stereocenters. The van der Waals surface area contributed by atoms with Crippen LogP contribution in [0.3, 0.4) is 0 Å². The van der Waals surface area contributed by atoms with Gasteiger partial charge in [0.2, 0.25) is 0 Å². The van der Waals surface area contributed by atoms with E-state index in [1.165, 1.54) is 7.11 Å². The van der Waals surface area contributed by atoms with E-state index in [1.54, 1.807) is 17.8 Å². The molecular weight excluding hydrogens is 234 g/mol. The summed E-state index contributed by atoms with van der Waals surface area (Å²) in [5, 5.41) is 0. The summed E-state index contributed by atoms with van der Waals surface area (Å²) >= 11 is 1.79. The number of carbonyl (C=O) groups is 1. The Balaban J connectivity index is 2.51. The fourth-order valence-corrected chi connectivity index (χ4v) is 2.42. The maximum atomic E-state index is 11.3. The number of esters is 1. The Morgan fingerprint density at radius 2 is 2.29 bits per heavy atom. The molecule has 0 aromatic heterocycles. The summed E-state index contributed by atoms with van der Waals surface area (Å²) < 4.78 is 4.69. The highest BCUT2D eigenvalue weighted by Gasteiger charge is 2.06. The molecule has 1 unspecified atom stereocenters. The Bertz CT molecular complexity index is 368. The van der Waals surface area contributed by atoms with Crippen LogP contribution in [0, 0.1) is 0 Å². The topological polar surface area (TPSA) is 52.3 Å². The molecular formula is C13H19NO2S. The maximum Gasteiger partial charge on any atom is 0.337 e. The summed E-state index contributed by atoms with van der Waals surface area (Å²) in [7, 11) is 1.39. The van der Waals surface area contributed by atoms with Crippen molar-refractivity contribution in [2.24, 2.45) is 5.73 Å². The zero-order valence-corrected chi connectivity index (χ0v) is 11.1. The van der Waals surface area contributed by atoms with E-state index in [2.05, 4.69) is 11.7 Å². The molecule has 1 rings (SSSR count). The Kier molecular flexibility index (Phi) is 6.08. The zero-order chi connectivity index (χ0) is 12.7. The molecule has 0 saturated carbocycles. The summed E-state index contributed by atoms with van der Waals surface area (Å²) in [6.45, 7) is 2.09. The van der Waals surface area contributed by atoms with Gasteiger partial charge < -0.3 is 10.5 Å². The smallest absolute Gasteiger partial charge is 0.337 e. The average molecular weight is 253 g/mol. The SMILES string of the molecule is CCC(N)CSCc1cccc(C(=O)OC)c1. The second-order valence-electron chi connectivity index (χ2n) is 3.88. The summed E-state index contributed by atoms with van der Waals surface area (Å²) in [6, 6.07) is 7.77. The summed E-state index contributed by atoms with van der Waals surface area (Å²) in [6.07, 6.45) is 0.995. The average Bonchev–Trinajstić information content (AvgIpc) is 2.38. The van der Waals surface area contributed by atoms with Gasteiger partial charge in [-0.05, 0) is 24.1 Å². The summed E-state index contributed by atoms with van der Waals surface area (Å²) in [4.78, 5) is 11.3. The monoisotopic (exact) mass is 253 g/mol. The van der Waals surface area contributed by atoms with Crippen molar-refractivity contribution < 1.29 is 9.53 Å². The number of ether oxygens (including phenoxy) is 1. The van der Waals surface area contributed by atoms with Crippen LogP contribution in [0.4, 0.5) is 0 Å². The van der Waals surface area contributed by atoms with E-state index < -0.39 is 0 Å². The van der Waals surface area contributed by atoms with Gasteiger partial charge in [-0.3, -0.25) is 0 Å². The van der Waals surface area contributed by atoms with Crippen molar-refractivity contribution in [2.45, 2.75) is 25.1 Å². The molecule has 4 heteroatoms. The Morgan fingerprint density at radius 1 is 1.53 bits per heavy atom. The van der Waals surface area contributed by atoms with E-state index in [4.69, 9.17) is 5.73 Å². The fraction of sp³-hybridized carbons (Fsp3) is 0.462. The van der Waals surface area contributed by atoms with E-state index in [-0.39, 0.29) is 12.0 Å². The molecule has 0 bridgehead atoms. The Hall–Kier alpha value is -1.00. The van der Waals surface area contributed by atoms with Crippen molar-refractivity contribution in [3.05, 3.63) is 35.4 Å². The summed E-state index contributed by atoms with van der Waals surface area (Å²) in [5.41, 5.74) is 7.57. The molecule has 0 fully saturated rings. The molecule has 0 amide bonds. The molecule has 17 heavy (non-hydrogen) atoms. The third-order valence-corrected chi connectivity index (χ3v) is 3.67. The van der Waals surface area contributed by atoms with Gasteiger partial charge in [-0.15, -0.1) is 0 Å². The lowest BCUT2D eigenvalue weighted by Crippen LogP contribution is -2.21. The van der Waals surface area contributed by atoms with Crippen molar-refractivity contribution >= 4 is 17.7 Å². The molecule has 0 radical (unpaired) electrons. The molecule has 0 aliphatic carbocycles. The van der Waals surface area contributed by atoms with Gasteiger partial charge in [0.25, 0.3) is 0 Å². The van der Waals surface area contributed by atoms with Gasteiger partial charge in [-0.25, -0.2) is 4.79 Å². The molecule has 0 aliphatic rings. The second-order valence-corrected chi connectivity index (χ2v) is 4.91. The first-order valence-corrected chi connectivity index (χ1v) is 6.83. The van der Waals surface area contributed by atoms with E-state index in [0.29, 0.717) is 5.56 Å². The van der Waals surface area contributed by atoms with Crippen LogP contribution in [0.5, 0.6) is 0 Å². The fourth-order valence-electron chi connectivity index (χ4n) is 1.35. The number of thioether (sulfide) groups is 1. The van der Waals surface area contributed by atoms with E-state index in [0.717, 1.165) is 23.5 Å². The van der Waals surface area contributed by atoms with Crippen molar-refractivity contribution in [2.75, 3.05) is 12.9 Å². The van der Waals surface area contributed by atoms with Gasteiger partial charge in [0, 0.05) is 17.5 Å². The van der Waals surface area contributed by atoms with Gasteiger partial charge in [0.1, 0.15) is 0 Å². The lowest BCUT2D eigenvalue weighted by molar-refractivity contribution is 0.0600. The van der Waals surface area contributed by atoms with Crippen LogP contribution in [-0.4, -0.2) is 24.9 Å². The number of hydrogen-bond donors (Lipinski definition) is 1. The molecule has 0 heterocycles. The van der Waals surface area contributed by atoms with Crippen LogP contribution in [0.1, 0.15) is 29.3 Å². The largest absolute Gasteiger partial charge is 0.465 e. The highest BCUT2D eigenvalue weighted by molar-refractivity contribution is 7.98. The first-order chi connectivity index (χ1) is 8.17. The first-order valence-electron chi connectivity index (χ1n) is 5.68. The lowest BCUT2D eigenvalue weighted by atomic mass is 10.1. The molecule has 1 aromatic carbocycles. The quantitative estimate of drug-likeness (QED) is 0.791. The van der Waals surface area contributed by atoms with Gasteiger partial charge in [-0.1, -0.05) is 19.1 Å². The highest BCUT2D eigenvalue weighted by Crippen LogP contribution is 2.15. The number of benzene rings is 1.